The van der Waals surface area contributed by atoms with E-state index in [-0.39, 0.29) is 0 Å². The number of aryl methyl sites for hydroxylation is 1. The molecule has 0 aliphatic rings. The molecule has 0 atom stereocenters. The first kappa shape index (κ1) is 15.3. The maximum absolute atomic E-state index is 5.07. The highest BCUT2D eigenvalue weighted by Gasteiger charge is 2.11. The zero-order valence-electron chi connectivity index (χ0n) is 12.9. The number of aromatic nitrogens is 3. The normalized spacial score (nSPS) is 10.6. The highest BCUT2D eigenvalue weighted by atomic mass is 16.5. The van der Waals surface area contributed by atoms with Crippen LogP contribution in [0.1, 0.15) is 43.7 Å². The van der Waals surface area contributed by atoms with Crippen LogP contribution in [-0.4, -0.2) is 21.7 Å². The van der Waals surface area contributed by atoms with Gasteiger partial charge in [0.2, 0.25) is 0 Å². The Hall–Kier alpha value is -2.11. The molecule has 0 spiro atoms. The van der Waals surface area contributed by atoms with Crippen LogP contribution in [0.5, 0.6) is 0 Å². The van der Waals surface area contributed by atoms with Crippen LogP contribution < -0.4 is 10.6 Å². The lowest BCUT2D eigenvalue weighted by atomic mass is 10.1. The number of hydrogen-bond donors (Lipinski definition) is 2. The van der Waals surface area contributed by atoms with Crippen LogP contribution in [0.15, 0.2) is 16.9 Å². The van der Waals surface area contributed by atoms with Crippen LogP contribution in [0.4, 0.5) is 11.6 Å². The van der Waals surface area contributed by atoms with E-state index in [1.807, 2.05) is 13.0 Å². The molecule has 2 aromatic heterocycles. The predicted molar refractivity (Wildman–Crippen MR) is 83.4 cm³/mol. The van der Waals surface area contributed by atoms with Gasteiger partial charge in [-0.25, -0.2) is 9.97 Å². The Balaban J connectivity index is 2.12. The molecule has 0 fully saturated rings. The fourth-order valence-electron chi connectivity index (χ4n) is 2.12. The maximum atomic E-state index is 5.07. The second-order valence-corrected chi connectivity index (χ2v) is 5.01. The standard InChI is InChI=1S/C15H23N5O/c1-4-6-13-14(16-7-5-2)18-10-19-15(13)17-9-12-8-11(3)21-20-12/h8,10H,4-7,9H2,1-3H3,(H2,16,17,18,19). The molecule has 2 rings (SSSR count). The molecule has 0 saturated carbocycles. The molecule has 0 saturated heterocycles. The second-order valence-electron chi connectivity index (χ2n) is 5.01. The van der Waals surface area contributed by atoms with Gasteiger partial charge < -0.3 is 15.2 Å². The summed E-state index contributed by atoms with van der Waals surface area (Å²) in [7, 11) is 0. The number of nitrogens with one attached hydrogen (secondary N) is 2. The van der Waals surface area contributed by atoms with E-state index in [2.05, 4.69) is 39.6 Å². The molecule has 2 heterocycles. The molecule has 0 aliphatic heterocycles. The average Bonchev–Trinajstić information content (AvgIpc) is 2.90. The molecule has 0 bridgehead atoms. The monoisotopic (exact) mass is 289 g/mol. The van der Waals surface area contributed by atoms with E-state index in [4.69, 9.17) is 4.52 Å². The van der Waals surface area contributed by atoms with Crippen molar-refractivity contribution in [2.45, 2.75) is 46.6 Å². The third-order valence-electron chi connectivity index (χ3n) is 3.10. The largest absolute Gasteiger partial charge is 0.370 e. The maximum Gasteiger partial charge on any atom is 0.135 e. The van der Waals surface area contributed by atoms with Crippen LogP contribution in [0.25, 0.3) is 0 Å². The molecule has 0 amide bonds. The summed E-state index contributed by atoms with van der Waals surface area (Å²) >= 11 is 0. The Labute approximate surface area is 125 Å². The van der Waals surface area contributed by atoms with Crippen LogP contribution in [0, 0.1) is 6.92 Å². The van der Waals surface area contributed by atoms with E-state index in [0.717, 1.165) is 54.5 Å². The van der Waals surface area contributed by atoms with Crippen LogP contribution in [-0.2, 0) is 13.0 Å². The van der Waals surface area contributed by atoms with E-state index in [9.17, 15) is 0 Å². The summed E-state index contributed by atoms with van der Waals surface area (Å²) in [6, 6.07) is 1.92. The van der Waals surface area contributed by atoms with E-state index >= 15 is 0 Å². The Morgan fingerprint density at radius 3 is 2.48 bits per heavy atom. The molecule has 0 radical (unpaired) electrons. The number of nitrogens with zero attached hydrogens (tertiary/aromatic N) is 3. The van der Waals surface area contributed by atoms with Gasteiger partial charge in [0.25, 0.3) is 0 Å². The number of hydrogen-bond acceptors (Lipinski definition) is 6. The van der Waals surface area contributed by atoms with Crippen molar-refractivity contribution >= 4 is 11.6 Å². The van der Waals surface area contributed by atoms with Crippen molar-refractivity contribution in [2.24, 2.45) is 0 Å². The van der Waals surface area contributed by atoms with Crippen molar-refractivity contribution in [1.82, 2.24) is 15.1 Å². The van der Waals surface area contributed by atoms with Crippen molar-refractivity contribution in [2.75, 3.05) is 17.2 Å². The lowest BCUT2D eigenvalue weighted by Gasteiger charge is -2.14. The van der Waals surface area contributed by atoms with Gasteiger partial charge >= 0.3 is 0 Å². The lowest BCUT2D eigenvalue weighted by molar-refractivity contribution is 0.391. The first-order valence-electron chi connectivity index (χ1n) is 7.48. The molecule has 0 aromatic carbocycles. The molecule has 2 aromatic rings. The summed E-state index contributed by atoms with van der Waals surface area (Å²) in [5.74, 6) is 2.60. The summed E-state index contributed by atoms with van der Waals surface area (Å²) in [5.41, 5.74) is 2.00. The Kier molecular flexibility index (Phi) is 5.54. The zero-order chi connectivity index (χ0) is 15.1. The van der Waals surface area contributed by atoms with Crippen LogP contribution in [0.2, 0.25) is 0 Å². The van der Waals surface area contributed by atoms with Gasteiger partial charge in [-0.05, 0) is 19.8 Å². The Morgan fingerprint density at radius 2 is 1.86 bits per heavy atom. The summed E-state index contributed by atoms with van der Waals surface area (Å²) in [4.78, 5) is 8.73. The lowest BCUT2D eigenvalue weighted by Crippen LogP contribution is -2.11. The Bertz CT molecular complexity index is 567. The highest BCUT2D eigenvalue weighted by Crippen LogP contribution is 2.22. The van der Waals surface area contributed by atoms with Crippen molar-refractivity contribution in [3.8, 4) is 0 Å². The SMILES string of the molecule is CCCNc1ncnc(NCc2cc(C)on2)c1CCC. The fourth-order valence-corrected chi connectivity index (χ4v) is 2.12. The molecule has 2 N–H and O–H groups in total. The van der Waals surface area contributed by atoms with Crippen molar-refractivity contribution < 1.29 is 4.52 Å². The first-order valence-corrected chi connectivity index (χ1v) is 7.48. The smallest absolute Gasteiger partial charge is 0.135 e. The van der Waals surface area contributed by atoms with Crippen LogP contribution >= 0.6 is 0 Å². The van der Waals surface area contributed by atoms with E-state index < -0.39 is 0 Å². The van der Waals surface area contributed by atoms with Gasteiger partial charge in [-0.1, -0.05) is 25.4 Å². The van der Waals surface area contributed by atoms with Gasteiger partial charge in [-0.3, -0.25) is 0 Å². The van der Waals surface area contributed by atoms with E-state index in [1.54, 1.807) is 6.33 Å². The van der Waals surface area contributed by atoms with Crippen molar-refractivity contribution in [1.29, 1.82) is 0 Å². The van der Waals surface area contributed by atoms with Gasteiger partial charge in [-0.15, -0.1) is 0 Å². The van der Waals surface area contributed by atoms with Gasteiger partial charge in [0.1, 0.15) is 29.4 Å². The predicted octanol–water partition coefficient (Wildman–Crippen LogP) is 3.16. The second kappa shape index (κ2) is 7.61. The Morgan fingerprint density at radius 1 is 1.10 bits per heavy atom. The van der Waals surface area contributed by atoms with Crippen molar-refractivity contribution in [3.63, 3.8) is 0 Å². The van der Waals surface area contributed by atoms with Gasteiger partial charge in [-0.2, -0.15) is 0 Å². The molecule has 0 unspecified atom stereocenters. The molecule has 21 heavy (non-hydrogen) atoms. The topological polar surface area (TPSA) is 75.9 Å². The fraction of sp³-hybridized carbons (Fsp3) is 0.533. The van der Waals surface area contributed by atoms with Gasteiger partial charge in [0.05, 0.1) is 6.54 Å². The van der Waals surface area contributed by atoms with Crippen molar-refractivity contribution in [3.05, 3.63) is 29.4 Å². The molecule has 6 heteroatoms. The number of rotatable bonds is 8. The molecular formula is C15H23N5O. The first-order chi connectivity index (χ1) is 10.2. The average molecular weight is 289 g/mol. The summed E-state index contributed by atoms with van der Waals surface area (Å²) in [6.45, 7) is 7.69. The quantitative estimate of drug-likeness (QED) is 0.777. The zero-order valence-corrected chi connectivity index (χ0v) is 12.9. The summed E-state index contributed by atoms with van der Waals surface area (Å²) in [5, 5.41) is 10.7. The number of anilines is 2. The highest BCUT2D eigenvalue weighted by molar-refractivity contribution is 5.57. The van der Waals surface area contributed by atoms with Crippen LogP contribution in [0.3, 0.4) is 0 Å². The third kappa shape index (κ3) is 4.18. The molecular weight excluding hydrogens is 266 g/mol. The molecule has 114 valence electrons. The van der Waals surface area contributed by atoms with E-state index in [0.29, 0.717) is 6.54 Å². The van der Waals surface area contributed by atoms with Gasteiger partial charge in [0.15, 0.2) is 0 Å². The molecule has 6 nitrogen and oxygen atoms in total. The summed E-state index contributed by atoms with van der Waals surface area (Å²) in [6.07, 6.45) is 4.64. The van der Waals surface area contributed by atoms with E-state index in [1.165, 1.54) is 0 Å². The minimum atomic E-state index is 0.596. The minimum absolute atomic E-state index is 0.596. The molecule has 0 aliphatic carbocycles. The summed E-state index contributed by atoms with van der Waals surface area (Å²) < 4.78 is 5.07. The van der Waals surface area contributed by atoms with Gasteiger partial charge in [0, 0.05) is 18.2 Å². The minimum Gasteiger partial charge on any atom is -0.370 e. The third-order valence-corrected chi connectivity index (χ3v) is 3.10.